The Hall–Kier alpha value is -2.31. The molecule has 0 aromatic heterocycles. The third-order valence-corrected chi connectivity index (χ3v) is 2.71. The zero-order chi connectivity index (χ0) is 15.3. The van der Waals surface area contributed by atoms with E-state index in [1.807, 2.05) is 13.8 Å². The SMILES string of the molecule is CNc1cccc(N(C)CC(=O)NC(C)C)c1[N+](=O)[O-]. The molecule has 0 atom stereocenters. The van der Waals surface area contributed by atoms with Crippen LogP contribution in [0.4, 0.5) is 17.1 Å². The summed E-state index contributed by atoms with van der Waals surface area (Å²) in [7, 11) is 3.28. The quantitative estimate of drug-likeness (QED) is 0.610. The fourth-order valence-electron chi connectivity index (χ4n) is 1.90. The van der Waals surface area contributed by atoms with Gasteiger partial charge >= 0.3 is 5.69 Å². The number of likely N-dealkylation sites (N-methyl/N-ethyl adjacent to an activating group) is 1. The Labute approximate surface area is 118 Å². The number of carbonyl (C=O) groups is 1. The molecule has 0 saturated carbocycles. The molecular weight excluding hydrogens is 260 g/mol. The van der Waals surface area contributed by atoms with Gasteiger partial charge in [-0.25, -0.2) is 0 Å². The molecule has 0 aliphatic carbocycles. The monoisotopic (exact) mass is 280 g/mol. The van der Waals surface area contributed by atoms with Crippen molar-refractivity contribution in [2.75, 3.05) is 30.9 Å². The van der Waals surface area contributed by atoms with E-state index in [0.29, 0.717) is 11.4 Å². The van der Waals surface area contributed by atoms with E-state index in [2.05, 4.69) is 10.6 Å². The summed E-state index contributed by atoms with van der Waals surface area (Å²) in [4.78, 5) is 24.1. The van der Waals surface area contributed by atoms with E-state index in [4.69, 9.17) is 0 Å². The van der Waals surface area contributed by atoms with Crippen molar-refractivity contribution in [3.63, 3.8) is 0 Å². The molecule has 0 saturated heterocycles. The highest BCUT2D eigenvalue weighted by atomic mass is 16.6. The van der Waals surface area contributed by atoms with E-state index in [0.717, 1.165) is 0 Å². The number of amides is 1. The number of nitrogens with zero attached hydrogens (tertiary/aromatic N) is 2. The minimum atomic E-state index is -0.446. The average molecular weight is 280 g/mol. The zero-order valence-electron chi connectivity index (χ0n) is 12.1. The van der Waals surface area contributed by atoms with Crippen molar-refractivity contribution >= 4 is 23.0 Å². The van der Waals surface area contributed by atoms with Crippen molar-refractivity contribution in [3.8, 4) is 0 Å². The highest BCUT2D eigenvalue weighted by molar-refractivity contribution is 5.84. The van der Waals surface area contributed by atoms with Gasteiger partial charge in [0.2, 0.25) is 5.91 Å². The standard InChI is InChI=1S/C13H20N4O3/c1-9(2)15-12(18)8-16(4)11-7-5-6-10(14-3)13(11)17(19)20/h5-7,9,14H,8H2,1-4H3,(H,15,18). The lowest BCUT2D eigenvalue weighted by Crippen LogP contribution is -2.38. The van der Waals surface area contributed by atoms with E-state index in [1.165, 1.54) is 0 Å². The van der Waals surface area contributed by atoms with Crippen molar-refractivity contribution in [2.24, 2.45) is 0 Å². The van der Waals surface area contributed by atoms with Crippen LogP contribution >= 0.6 is 0 Å². The number of para-hydroxylation sites is 1. The summed E-state index contributed by atoms with van der Waals surface area (Å²) in [5.41, 5.74) is 0.791. The predicted octanol–water partition coefficient (Wildman–Crippen LogP) is 1.60. The third kappa shape index (κ3) is 3.84. The molecule has 1 amide bonds. The van der Waals surface area contributed by atoms with Gasteiger partial charge in [-0.05, 0) is 26.0 Å². The molecule has 1 aromatic carbocycles. The summed E-state index contributed by atoms with van der Waals surface area (Å²) in [6, 6.07) is 5.01. The van der Waals surface area contributed by atoms with Crippen LogP contribution in [0.5, 0.6) is 0 Å². The number of anilines is 2. The molecule has 20 heavy (non-hydrogen) atoms. The van der Waals surface area contributed by atoms with Crippen LogP contribution in [0, 0.1) is 10.1 Å². The number of hydrogen-bond acceptors (Lipinski definition) is 5. The number of carbonyl (C=O) groups excluding carboxylic acids is 1. The first-order valence-electron chi connectivity index (χ1n) is 6.32. The Morgan fingerprint density at radius 2 is 2.10 bits per heavy atom. The summed E-state index contributed by atoms with van der Waals surface area (Å²) in [5, 5.41) is 16.8. The second-order valence-corrected chi connectivity index (χ2v) is 4.76. The smallest absolute Gasteiger partial charge is 0.315 e. The first kappa shape index (κ1) is 15.7. The Kier molecular flexibility index (Phi) is 5.31. The molecule has 0 heterocycles. The Balaban J connectivity index is 3.01. The van der Waals surface area contributed by atoms with Gasteiger partial charge in [-0.3, -0.25) is 14.9 Å². The summed E-state index contributed by atoms with van der Waals surface area (Å²) >= 11 is 0. The summed E-state index contributed by atoms with van der Waals surface area (Å²) in [5.74, 6) is -0.174. The van der Waals surface area contributed by atoms with Crippen molar-refractivity contribution in [1.82, 2.24) is 5.32 Å². The van der Waals surface area contributed by atoms with Gasteiger partial charge in [0.25, 0.3) is 0 Å². The van der Waals surface area contributed by atoms with Crippen LogP contribution in [0.25, 0.3) is 0 Å². The molecule has 0 radical (unpaired) electrons. The maximum absolute atomic E-state index is 11.7. The molecule has 1 rings (SSSR count). The Morgan fingerprint density at radius 1 is 1.45 bits per heavy atom. The van der Waals surface area contributed by atoms with Crippen LogP contribution in [-0.2, 0) is 4.79 Å². The summed E-state index contributed by atoms with van der Waals surface area (Å²) in [6.45, 7) is 3.79. The normalized spacial score (nSPS) is 10.2. The zero-order valence-corrected chi connectivity index (χ0v) is 12.1. The number of hydrogen-bond donors (Lipinski definition) is 2. The Bertz CT molecular complexity index is 502. The molecule has 0 fully saturated rings. The number of benzene rings is 1. The van der Waals surface area contributed by atoms with Gasteiger partial charge in [0.1, 0.15) is 11.4 Å². The fourth-order valence-corrected chi connectivity index (χ4v) is 1.90. The largest absolute Gasteiger partial charge is 0.382 e. The van der Waals surface area contributed by atoms with Gasteiger partial charge in [-0.15, -0.1) is 0 Å². The second kappa shape index (κ2) is 6.74. The minimum Gasteiger partial charge on any atom is -0.382 e. The van der Waals surface area contributed by atoms with Crippen LogP contribution in [0.3, 0.4) is 0 Å². The van der Waals surface area contributed by atoms with Crippen LogP contribution in [0.15, 0.2) is 18.2 Å². The third-order valence-electron chi connectivity index (χ3n) is 2.71. The van der Waals surface area contributed by atoms with Crippen molar-refractivity contribution in [1.29, 1.82) is 0 Å². The molecule has 0 aliphatic heterocycles. The Morgan fingerprint density at radius 3 is 2.60 bits per heavy atom. The van der Waals surface area contributed by atoms with Gasteiger partial charge < -0.3 is 15.5 Å². The van der Waals surface area contributed by atoms with E-state index >= 15 is 0 Å². The molecule has 7 heteroatoms. The van der Waals surface area contributed by atoms with E-state index in [-0.39, 0.29) is 24.2 Å². The highest BCUT2D eigenvalue weighted by Gasteiger charge is 2.22. The lowest BCUT2D eigenvalue weighted by molar-refractivity contribution is -0.383. The molecule has 0 bridgehead atoms. The first-order chi connectivity index (χ1) is 9.36. The van der Waals surface area contributed by atoms with Gasteiger partial charge in [0.05, 0.1) is 11.5 Å². The first-order valence-corrected chi connectivity index (χ1v) is 6.32. The van der Waals surface area contributed by atoms with Gasteiger partial charge in [-0.1, -0.05) is 6.07 Å². The van der Waals surface area contributed by atoms with Crippen molar-refractivity contribution in [3.05, 3.63) is 28.3 Å². The highest BCUT2D eigenvalue weighted by Crippen LogP contribution is 2.34. The van der Waals surface area contributed by atoms with Crippen LogP contribution in [-0.4, -0.2) is 37.5 Å². The molecule has 0 unspecified atom stereocenters. The fraction of sp³-hybridized carbons (Fsp3) is 0.462. The number of rotatable bonds is 6. The summed E-state index contributed by atoms with van der Waals surface area (Å²) < 4.78 is 0. The van der Waals surface area contributed by atoms with E-state index in [1.54, 1.807) is 37.2 Å². The van der Waals surface area contributed by atoms with Gasteiger partial charge in [-0.2, -0.15) is 0 Å². The van der Waals surface area contributed by atoms with Crippen molar-refractivity contribution < 1.29 is 9.72 Å². The van der Waals surface area contributed by atoms with Crippen molar-refractivity contribution in [2.45, 2.75) is 19.9 Å². The molecule has 0 spiro atoms. The molecule has 2 N–H and O–H groups in total. The van der Waals surface area contributed by atoms with E-state index < -0.39 is 4.92 Å². The molecular formula is C13H20N4O3. The number of nitrogens with one attached hydrogen (secondary N) is 2. The van der Waals surface area contributed by atoms with Gasteiger partial charge in [0.15, 0.2) is 0 Å². The number of nitro benzene ring substituents is 1. The van der Waals surface area contributed by atoms with E-state index in [9.17, 15) is 14.9 Å². The minimum absolute atomic E-state index is 0.0325. The topological polar surface area (TPSA) is 87.5 Å². The lowest BCUT2D eigenvalue weighted by atomic mass is 10.2. The number of nitro groups is 1. The predicted molar refractivity (Wildman–Crippen MR) is 79.2 cm³/mol. The molecule has 0 aliphatic rings. The lowest BCUT2D eigenvalue weighted by Gasteiger charge is -2.20. The molecule has 7 nitrogen and oxygen atoms in total. The summed E-state index contributed by atoms with van der Waals surface area (Å²) in [6.07, 6.45) is 0. The van der Waals surface area contributed by atoms with Crippen LogP contribution < -0.4 is 15.5 Å². The maximum atomic E-state index is 11.7. The van der Waals surface area contributed by atoms with Gasteiger partial charge in [0, 0.05) is 20.1 Å². The average Bonchev–Trinajstić information content (AvgIpc) is 2.36. The maximum Gasteiger partial charge on any atom is 0.315 e. The van der Waals surface area contributed by atoms with Crippen LogP contribution in [0.1, 0.15) is 13.8 Å². The second-order valence-electron chi connectivity index (χ2n) is 4.76. The molecule has 1 aromatic rings. The molecule has 110 valence electrons. The van der Waals surface area contributed by atoms with Crippen LogP contribution in [0.2, 0.25) is 0 Å².